The molecular formula is C16H14O2. The predicted molar refractivity (Wildman–Crippen MR) is 72.2 cm³/mol. The van der Waals surface area contributed by atoms with E-state index in [2.05, 4.69) is 18.2 Å². The number of rotatable bonds is 2. The summed E-state index contributed by atoms with van der Waals surface area (Å²) in [5.74, 6) is 0.865. The van der Waals surface area contributed by atoms with Crippen LogP contribution in [0.5, 0.6) is 5.75 Å². The highest BCUT2D eigenvalue weighted by atomic mass is 16.7. The van der Waals surface area contributed by atoms with Gasteiger partial charge in [-0.2, -0.15) is 0 Å². The Morgan fingerprint density at radius 1 is 0.944 bits per heavy atom. The maximum atomic E-state index is 5.86. The van der Waals surface area contributed by atoms with Gasteiger partial charge in [-0.3, -0.25) is 0 Å². The average molecular weight is 238 g/mol. The van der Waals surface area contributed by atoms with Gasteiger partial charge in [0.15, 0.2) is 0 Å². The van der Waals surface area contributed by atoms with E-state index < -0.39 is 0 Å². The van der Waals surface area contributed by atoms with E-state index in [-0.39, 0.29) is 6.29 Å². The first-order valence-electron chi connectivity index (χ1n) is 5.94. The summed E-state index contributed by atoms with van der Waals surface area (Å²) in [5.41, 5.74) is 3.26. The lowest BCUT2D eigenvalue weighted by Crippen LogP contribution is -2.23. The normalized spacial score (nSPS) is 17.6. The van der Waals surface area contributed by atoms with E-state index in [9.17, 15) is 0 Å². The molecule has 2 aromatic carbocycles. The number of hydrogen-bond donors (Lipinski definition) is 0. The van der Waals surface area contributed by atoms with Gasteiger partial charge < -0.3 is 9.47 Å². The van der Waals surface area contributed by atoms with Gasteiger partial charge in [0, 0.05) is 18.2 Å². The molecule has 3 rings (SSSR count). The Morgan fingerprint density at radius 3 is 2.44 bits per heavy atom. The summed E-state index contributed by atoms with van der Waals surface area (Å²) < 4.78 is 11.3. The van der Waals surface area contributed by atoms with Crippen molar-refractivity contribution in [2.45, 2.75) is 6.29 Å². The van der Waals surface area contributed by atoms with E-state index in [4.69, 9.17) is 9.47 Å². The summed E-state index contributed by atoms with van der Waals surface area (Å²) in [6.07, 6.45) is 1.78. The van der Waals surface area contributed by atoms with Gasteiger partial charge in [-0.1, -0.05) is 48.5 Å². The fourth-order valence-corrected chi connectivity index (χ4v) is 2.15. The summed E-state index contributed by atoms with van der Waals surface area (Å²) in [4.78, 5) is 0. The Balaban J connectivity index is 2.09. The van der Waals surface area contributed by atoms with Crippen LogP contribution >= 0.6 is 0 Å². The summed E-state index contributed by atoms with van der Waals surface area (Å²) in [6.45, 7) is 0. The lowest BCUT2D eigenvalue weighted by molar-refractivity contribution is -0.00896. The summed E-state index contributed by atoms with van der Waals surface area (Å²) in [7, 11) is 1.66. The monoisotopic (exact) mass is 238 g/mol. The van der Waals surface area contributed by atoms with Gasteiger partial charge in [-0.05, 0) is 17.7 Å². The number of para-hydroxylation sites is 1. The van der Waals surface area contributed by atoms with Gasteiger partial charge in [-0.15, -0.1) is 0 Å². The molecule has 0 aromatic heterocycles. The number of ether oxygens (including phenoxy) is 2. The molecular weight excluding hydrogens is 224 g/mol. The summed E-state index contributed by atoms with van der Waals surface area (Å²) >= 11 is 0. The molecule has 2 aromatic rings. The molecule has 90 valence electrons. The number of hydrogen-bond acceptors (Lipinski definition) is 2. The van der Waals surface area contributed by atoms with Crippen LogP contribution in [0.15, 0.2) is 54.6 Å². The van der Waals surface area contributed by atoms with Crippen LogP contribution in [0.3, 0.4) is 0 Å². The predicted octanol–water partition coefficient (Wildman–Crippen LogP) is 3.59. The van der Waals surface area contributed by atoms with Crippen LogP contribution in [0.1, 0.15) is 11.1 Å². The van der Waals surface area contributed by atoms with Crippen molar-refractivity contribution in [3.8, 4) is 5.75 Å². The van der Waals surface area contributed by atoms with Crippen molar-refractivity contribution in [3.05, 3.63) is 65.7 Å². The van der Waals surface area contributed by atoms with Crippen molar-refractivity contribution in [1.82, 2.24) is 0 Å². The number of fused-ring (bicyclic) bond motifs is 1. The minimum absolute atomic E-state index is 0.345. The Hall–Kier alpha value is -2.06. The fourth-order valence-electron chi connectivity index (χ4n) is 2.15. The third-order valence-electron chi connectivity index (χ3n) is 3.04. The zero-order valence-corrected chi connectivity index (χ0v) is 10.2. The smallest absolute Gasteiger partial charge is 0.227 e. The molecule has 0 saturated carbocycles. The van der Waals surface area contributed by atoms with Crippen molar-refractivity contribution in [1.29, 1.82) is 0 Å². The zero-order chi connectivity index (χ0) is 12.4. The highest BCUT2D eigenvalue weighted by Crippen LogP contribution is 2.34. The molecule has 2 nitrogen and oxygen atoms in total. The summed E-state index contributed by atoms with van der Waals surface area (Å²) in [6, 6.07) is 18.1. The molecule has 0 amide bonds. The molecule has 1 atom stereocenters. The molecule has 0 fully saturated rings. The molecule has 18 heavy (non-hydrogen) atoms. The number of benzene rings is 2. The second kappa shape index (κ2) is 4.67. The molecule has 0 bridgehead atoms. The maximum Gasteiger partial charge on any atom is 0.227 e. The van der Waals surface area contributed by atoms with Crippen LogP contribution in [-0.4, -0.2) is 13.4 Å². The van der Waals surface area contributed by atoms with Gasteiger partial charge in [0.1, 0.15) is 5.75 Å². The first-order valence-corrected chi connectivity index (χ1v) is 5.94. The highest BCUT2D eigenvalue weighted by Gasteiger charge is 2.22. The largest absolute Gasteiger partial charge is 0.460 e. The van der Waals surface area contributed by atoms with Crippen LogP contribution in [0, 0.1) is 0 Å². The van der Waals surface area contributed by atoms with Gasteiger partial charge >= 0.3 is 0 Å². The molecule has 2 heteroatoms. The molecule has 1 aliphatic heterocycles. The van der Waals surface area contributed by atoms with Gasteiger partial charge in [0.05, 0.1) is 0 Å². The molecule has 0 N–H and O–H groups in total. The molecule has 0 radical (unpaired) electrons. The highest BCUT2D eigenvalue weighted by molar-refractivity contribution is 5.86. The first-order chi connectivity index (χ1) is 8.88. The zero-order valence-electron chi connectivity index (χ0n) is 10.2. The topological polar surface area (TPSA) is 18.5 Å². The van der Waals surface area contributed by atoms with Gasteiger partial charge in [-0.25, -0.2) is 0 Å². The summed E-state index contributed by atoms with van der Waals surface area (Å²) in [5, 5.41) is 0. The van der Waals surface area contributed by atoms with E-state index in [1.165, 1.54) is 0 Å². The second-order valence-corrected chi connectivity index (χ2v) is 4.19. The van der Waals surface area contributed by atoms with Crippen molar-refractivity contribution in [3.63, 3.8) is 0 Å². The average Bonchev–Trinajstić information content (AvgIpc) is 2.46. The van der Waals surface area contributed by atoms with Crippen LogP contribution < -0.4 is 4.74 Å². The SMILES string of the molecule is COC1Oc2ccccc2C=C1c1ccccc1. The van der Waals surface area contributed by atoms with Crippen LogP contribution in [0.4, 0.5) is 0 Å². The Morgan fingerprint density at radius 2 is 1.67 bits per heavy atom. The molecule has 0 aliphatic carbocycles. The van der Waals surface area contributed by atoms with Crippen molar-refractivity contribution >= 4 is 11.6 Å². The first kappa shape index (κ1) is 11.1. The quantitative estimate of drug-likeness (QED) is 0.796. The molecule has 1 heterocycles. The lowest BCUT2D eigenvalue weighted by Gasteiger charge is -2.26. The van der Waals surface area contributed by atoms with Gasteiger partial charge in [0.25, 0.3) is 0 Å². The van der Waals surface area contributed by atoms with E-state index in [1.807, 2.05) is 42.5 Å². The Labute approximate surface area is 106 Å². The van der Waals surface area contributed by atoms with E-state index in [1.54, 1.807) is 7.11 Å². The van der Waals surface area contributed by atoms with Crippen molar-refractivity contribution < 1.29 is 9.47 Å². The van der Waals surface area contributed by atoms with Gasteiger partial charge in [0.2, 0.25) is 6.29 Å². The van der Waals surface area contributed by atoms with Crippen molar-refractivity contribution in [2.24, 2.45) is 0 Å². The van der Waals surface area contributed by atoms with E-state index in [0.717, 1.165) is 22.4 Å². The fraction of sp³-hybridized carbons (Fsp3) is 0.125. The molecule has 1 aliphatic rings. The molecule has 0 saturated heterocycles. The van der Waals surface area contributed by atoms with Crippen LogP contribution in [0.25, 0.3) is 11.6 Å². The molecule has 1 unspecified atom stereocenters. The van der Waals surface area contributed by atoms with E-state index in [0.29, 0.717) is 0 Å². The standard InChI is InChI=1S/C16H14O2/c1-17-16-14(12-7-3-2-4-8-12)11-13-9-5-6-10-15(13)18-16/h2-11,16H,1H3. The molecule has 0 spiro atoms. The third kappa shape index (κ3) is 1.91. The maximum absolute atomic E-state index is 5.86. The number of methoxy groups -OCH3 is 1. The minimum atomic E-state index is -0.345. The van der Waals surface area contributed by atoms with Crippen molar-refractivity contribution in [2.75, 3.05) is 7.11 Å². The van der Waals surface area contributed by atoms with E-state index >= 15 is 0 Å². The van der Waals surface area contributed by atoms with Crippen LogP contribution in [0.2, 0.25) is 0 Å². The second-order valence-electron chi connectivity index (χ2n) is 4.19. The Bertz CT molecular complexity index is 573. The third-order valence-corrected chi connectivity index (χ3v) is 3.04. The minimum Gasteiger partial charge on any atom is -0.460 e. The van der Waals surface area contributed by atoms with Crippen LogP contribution in [-0.2, 0) is 4.74 Å². The Kier molecular flexibility index (Phi) is 2.87. The lowest BCUT2D eigenvalue weighted by atomic mass is 10.00.